The minimum Gasteiger partial charge on any atom is -0.351 e. The standard InChI is InChI=1S/C31H35N5O3S/c1-4-23(2)30(21-36(40(3,38)39)20-27-10-7-9-26-8-5-6-11-29(26)27)34-31(37)16-28-18-33-22-35(28)19-25-14-12-24(17-32)13-15-25/h5-15,18,22-23,30H,4,16,19-21H2,1-3H3,(H,34,37)/t23?,30-/m1/s1. The van der Waals surface area contributed by atoms with Gasteiger partial charge in [0.05, 0.1) is 30.6 Å². The molecule has 1 heterocycles. The van der Waals surface area contributed by atoms with Gasteiger partial charge in [0, 0.05) is 37.6 Å². The second-order valence-corrected chi connectivity index (χ2v) is 12.2. The maximum atomic E-state index is 13.2. The van der Waals surface area contributed by atoms with Gasteiger partial charge in [-0.2, -0.15) is 9.57 Å². The molecule has 3 aromatic carbocycles. The Morgan fingerprint density at radius 1 is 1.10 bits per heavy atom. The Balaban J connectivity index is 1.48. The molecule has 4 aromatic rings. The van der Waals surface area contributed by atoms with E-state index in [2.05, 4.69) is 16.4 Å². The van der Waals surface area contributed by atoms with Gasteiger partial charge in [0.2, 0.25) is 15.9 Å². The van der Waals surface area contributed by atoms with Crippen molar-refractivity contribution in [1.82, 2.24) is 19.2 Å². The van der Waals surface area contributed by atoms with Gasteiger partial charge in [-0.05, 0) is 39.9 Å². The summed E-state index contributed by atoms with van der Waals surface area (Å²) in [5.41, 5.74) is 3.26. The molecule has 8 nitrogen and oxygen atoms in total. The van der Waals surface area contributed by atoms with Crippen LogP contribution >= 0.6 is 0 Å². The number of sulfonamides is 1. The summed E-state index contributed by atoms with van der Waals surface area (Å²) in [6, 6.07) is 22.9. The first kappa shape index (κ1) is 29.0. The molecule has 0 saturated carbocycles. The molecule has 4 rings (SSSR count). The van der Waals surface area contributed by atoms with E-state index in [0.717, 1.165) is 34.0 Å². The molecule has 1 N–H and O–H groups in total. The fraction of sp³-hybridized carbons (Fsp3) is 0.323. The highest BCUT2D eigenvalue weighted by Gasteiger charge is 2.27. The van der Waals surface area contributed by atoms with Gasteiger partial charge in [-0.25, -0.2) is 13.4 Å². The molecule has 1 unspecified atom stereocenters. The van der Waals surface area contributed by atoms with E-state index >= 15 is 0 Å². The average molecular weight is 558 g/mol. The molecule has 1 amide bonds. The van der Waals surface area contributed by atoms with Crippen LogP contribution < -0.4 is 5.32 Å². The topological polar surface area (TPSA) is 108 Å². The summed E-state index contributed by atoms with van der Waals surface area (Å²) in [6.07, 6.45) is 5.47. The van der Waals surface area contributed by atoms with Crippen LogP contribution in [-0.2, 0) is 34.3 Å². The van der Waals surface area contributed by atoms with Crippen molar-refractivity contribution in [3.63, 3.8) is 0 Å². The lowest BCUT2D eigenvalue weighted by atomic mass is 9.98. The van der Waals surface area contributed by atoms with E-state index in [1.165, 1.54) is 10.6 Å². The van der Waals surface area contributed by atoms with Crippen LogP contribution in [0.4, 0.5) is 0 Å². The molecule has 208 valence electrons. The number of amides is 1. The molecule has 0 radical (unpaired) electrons. The highest BCUT2D eigenvalue weighted by Crippen LogP contribution is 2.22. The number of carbonyl (C=O) groups excluding carboxylic acids is 1. The Kier molecular flexibility index (Phi) is 9.35. The Bertz CT molecular complexity index is 1600. The summed E-state index contributed by atoms with van der Waals surface area (Å²) < 4.78 is 29.2. The van der Waals surface area contributed by atoms with Gasteiger partial charge in [-0.1, -0.05) is 74.9 Å². The van der Waals surface area contributed by atoms with Gasteiger partial charge < -0.3 is 9.88 Å². The van der Waals surface area contributed by atoms with Gasteiger partial charge >= 0.3 is 0 Å². The van der Waals surface area contributed by atoms with E-state index in [-0.39, 0.29) is 37.4 Å². The third-order valence-corrected chi connectivity index (χ3v) is 8.57. The molecule has 0 aliphatic heterocycles. The molecule has 1 aromatic heterocycles. The number of hydrogen-bond acceptors (Lipinski definition) is 5. The highest BCUT2D eigenvalue weighted by molar-refractivity contribution is 7.88. The van der Waals surface area contributed by atoms with Gasteiger partial charge in [0.25, 0.3) is 0 Å². The molecule has 2 atom stereocenters. The lowest BCUT2D eigenvalue weighted by Gasteiger charge is -2.30. The highest BCUT2D eigenvalue weighted by atomic mass is 32.2. The zero-order valence-electron chi connectivity index (χ0n) is 23.1. The molecule has 0 bridgehead atoms. The SMILES string of the molecule is CCC(C)[C@@H](CN(Cc1cccc2ccccc12)S(C)(=O)=O)NC(=O)Cc1cncn1Cc1ccc(C#N)cc1. The fourth-order valence-electron chi connectivity index (χ4n) is 4.75. The third kappa shape index (κ3) is 7.34. The summed E-state index contributed by atoms with van der Waals surface area (Å²) >= 11 is 0. The zero-order valence-corrected chi connectivity index (χ0v) is 23.9. The predicted octanol–water partition coefficient (Wildman–Crippen LogP) is 4.49. The van der Waals surface area contributed by atoms with Crippen molar-refractivity contribution >= 4 is 26.7 Å². The lowest BCUT2D eigenvalue weighted by molar-refractivity contribution is -0.121. The van der Waals surface area contributed by atoms with E-state index in [1.54, 1.807) is 24.7 Å². The Hall–Kier alpha value is -4.00. The summed E-state index contributed by atoms with van der Waals surface area (Å²) in [6.45, 7) is 4.98. The van der Waals surface area contributed by atoms with Crippen LogP contribution in [0.25, 0.3) is 10.8 Å². The number of nitrogens with one attached hydrogen (secondary N) is 1. The van der Waals surface area contributed by atoms with Crippen LogP contribution in [-0.4, -0.2) is 47.0 Å². The van der Waals surface area contributed by atoms with Gasteiger partial charge in [-0.15, -0.1) is 0 Å². The molecular formula is C31H35N5O3S. The van der Waals surface area contributed by atoms with Crippen molar-refractivity contribution in [1.29, 1.82) is 5.26 Å². The normalized spacial score (nSPS) is 13.2. The maximum Gasteiger partial charge on any atom is 0.226 e. The molecule has 0 aliphatic rings. The van der Waals surface area contributed by atoms with Crippen molar-refractivity contribution in [3.8, 4) is 6.07 Å². The van der Waals surface area contributed by atoms with E-state index in [0.29, 0.717) is 12.1 Å². The van der Waals surface area contributed by atoms with E-state index in [4.69, 9.17) is 5.26 Å². The summed E-state index contributed by atoms with van der Waals surface area (Å²) in [4.78, 5) is 17.5. The zero-order chi connectivity index (χ0) is 28.7. The van der Waals surface area contributed by atoms with Crippen LogP contribution in [0.2, 0.25) is 0 Å². The quantitative estimate of drug-likeness (QED) is 0.276. The molecule has 0 aliphatic carbocycles. The van der Waals surface area contributed by atoms with E-state index in [9.17, 15) is 13.2 Å². The summed E-state index contributed by atoms with van der Waals surface area (Å²) in [7, 11) is -3.55. The van der Waals surface area contributed by atoms with Gasteiger partial charge in [-0.3, -0.25) is 4.79 Å². The first-order chi connectivity index (χ1) is 19.2. The number of nitrogens with zero attached hydrogens (tertiary/aromatic N) is 4. The molecular weight excluding hydrogens is 522 g/mol. The third-order valence-electron chi connectivity index (χ3n) is 7.35. The molecule has 0 spiro atoms. The van der Waals surface area contributed by atoms with Crippen molar-refractivity contribution in [3.05, 3.63) is 102 Å². The Morgan fingerprint density at radius 3 is 2.52 bits per heavy atom. The van der Waals surface area contributed by atoms with Gasteiger partial charge in [0.1, 0.15) is 0 Å². The average Bonchev–Trinajstić information content (AvgIpc) is 3.37. The first-order valence-corrected chi connectivity index (χ1v) is 15.2. The smallest absolute Gasteiger partial charge is 0.226 e. The first-order valence-electron chi connectivity index (χ1n) is 13.4. The molecule has 0 saturated heterocycles. The Morgan fingerprint density at radius 2 is 1.82 bits per heavy atom. The second kappa shape index (κ2) is 12.9. The number of hydrogen-bond donors (Lipinski definition) is 1. The van der Waals surface area contributed by atoms with Gasteiger partial charge in [0.15, 0.2) is 0 Å². The number of aromatic nitrogens is 2. The largest absolute Gasteiger partial charge is 0.351 e. The number of nitriles is 1. The Labute approximate surface area is 236 Å². The fourth-order valence-corrected chi connectivity index (χ4v) is 5.56. The summed E-state index contributed by atoms with van der Waals surface area (Å²) in [5, 5.41) is 14.2. The summed E-state index contributed by atoms with van der Waals surface area (Å²) in [5.74, 6) is -0.130. The lowest BCUT2D eigenvalue weighted by Crippen LogP contribution is -2.49. The monoisotopic (exact) mass is 557 g/mol. The minimum atomic E-state index is -3.55. The van der Waals surface area contributed by atoms with Crippen LogP contribution in [0.3, 0.4) is 0 Å². The minimum absolute atomic E-state index is 0.0595. The number of imidazole rings is 1. The van der Waals surface area contributed by atoms with E-state index < -0.39 is 10.0 Å². The van der Waals surface area contributed by atoms with Crippen LogP contribution in [0.5, 0.6) is 0 Å². The maximum absolute atomic E-state index is 13.2. The second-order valence-electron chi connectivity index (χ2n) is 10.3. The molecule has 40 heavy (non-hydrogen) atoms. The van der Waals surface area contributed by atoms with Crippen LogP contribution in [0.1, 0.15) is 42.7 Å². The van der Waals surface area contributed by atoms with Crippen molar-refractivity contribution < 1.29 is 13.2 Å². The van der Waals surface area contributed by atoms with Crippen molar-refractivity contribution in [2.75, 3.05) is 12.8 Å². The molecule has 9 heteroatoms. The van der Waals surface area contributed by atoms with E-state index in [1.807, 2.05) is 73.0 Å². The van der Waals surface area contributed by atoms with Crippen molar-refractivity contribution in [2.45, 2.75) is 45.8 Å². The van der Waals surface area contributed by atoms with Crippen LogP contribution in [0, 0.1) is 17.2 Å². The number of carbonyl (C=O) groups is 1. The number of fused-ring (bicyclic) bond motifs is 1. The number of rotatable bonds is 12. The molecule has 0 fully saturated rings. The van der Waals surface area contributed by atoms with Crippen LogP contribution in [0.15, 0.2) is 79.3 Å². The predicted molar refractivity (Wildman–Crippen MR) is 157 cm³/mol. The number of benzene rings is 3. The van der Waals surface area contributed by atoms with Crippen molar-refractivity contribution in [2.24, 2.45) is 5.92 Å².